The highest BCUT2D eigenvalue weighted by Gasteiger charge is 2.43. The Morgan fingerprint density at radius 2 is 2.47 bits per heavy atom. The number of hydrogen-bond acceptors (Lipinski definition) is 4. The maximum absolute atomic E-state index is 11.6. The number of hydrogen-bond donors (Lipinski definition) is 1. The van der Waals surface area contributed by atoms with E-state index in [0.29, 0.717) is 17.7 Å². The molecule has 0 fully saturated rings. The summed E-state index contributed by atoms with van der Waals surface area (Å²) in [7, 11) is 1.33. The Morgan fingerprint density at radius 1 is 1.73 bits per heavy atom. The summed E-state index contributed by atoms with van der Waals surface area (Å²) in [6.45, 7) is 0. The molecule has 0 radical (unpaired) electrons. The van der Waals surface area contributed by atoms with E-state index in [1.807, 2.05) is 0 Å². The molecule has 5 heteroatoms. The average molecular weight is 230 g/mol. The molecule has 82 valence electrons. The molecule has 2 rings (SSSR count). The minimum atomic E-state index is -1.10. The lowest BCUT2D eigenvalue weighted by molar-refractivity contribution is -0.148. The average Bonchev–Trinajstić information content (AvgIpc) is 2.59. The van der Waals surface area contributed by atoms with Gasteiger partial charge in [0, 0.05) is 18.1 Å². The predicted octanol–water partition coefficient (Wildman–Crippen LogP) is 1.60. The number of aryl methyl sites for hydroxylation is 1. The van der Waals surface area contributed by atoms with Gasteiger partial charge in [-0.25, -0.2) is 4.79 Å². The molecule has 1 aromatic rings. The van der Waals surface area contributed by atoms with Crippen molar-refractivity contribution in [2.45, 2.75) is 24.8 Å². The van der Waals surface area contributed by atoms with Crippen LogP contribution in [-0.2, 0) is 21.5 Å². The first kappa shape index (κ1) is 10.5. The van der Waals surface area contributed by atoms with E-state index in [1.54, 1.807) is 6.07 Å². The normalized spacial score (nSPS) is 24.7. The molecule has 0 aliphatic heterocycles. The van der Waals surface area contributed by atoms with Crippen LogP contribution in [0.15, 0.2) is 10.5 Å². The fraction of sp³-hybridized carbons (Fsp3) is 0.500. The summed E-state index contributed by atoms with van der Waals surface area (Å²) in [6, 6.07) is 1.60. The van der Waals surface area contributed by atoms with Crippen LogP contribution in [0.3, 0.4) is 0 Å². The first-order chi connectivity index (χ1) is 7.08. The lowest BCUT2D eigenvalue weighted by Crippen LogP contribution is -2.47. The highest BCUT2D eigenvalue weighted by atomic mass is 35.5. The second-order valence-electron chi connectivity index (χ2n) is 3.70. The molecule has 4 nitrogen and oxygen atoms in total. The molecular formula is C10H12ClNO3. The van der Waals surface area contributed by atoms with Crippen molar-refractivity contribution in [2.75, 3.05) is 7.11 Å². The van der Waals surface area contributed by atoms with Gasteiger partial charge in [0.25, 0.3) is 0 Å². The van der Waals surface area contributed by atoms with Crippen LogP contribution in [0.2, 0.25) is 5.22 Å². The summed E-state index contributed by atoms with van der Waals surface area (Å²) in [5, 5.41) is 0.264. The van der Waals surface area contributed by atoms with Gasteiger partial charge in [-0.2, -0.15) is 0 Å². The summed E-state index contributed by atoms with van der Waals surface area (Å²) < 4.78 is 9.98. The van der Waals surface area contributed by atoms with Gasteiger partial charge < -0.3 is 14.9 Å². The second kappa shape index (κ2) is 3.54. The van der Waals surface area contributed by atoms with Gasteiger partial charge in [0.2, 0.25) is 0 Å². The van der Waals surface area contributed by atoms with Crippen LogP contribution >= 0.6 is 11.6 Å². The van der Waals surface area contributed by atoms with Gasteiger partial charge in [-0.05, 0) is 24.4 Å². The van der Waals surface area contributed by atoms with Crippen LogP contribution in [0.5, 0.6) is 0 Å². The first-order valence-corrected chi connectivity index (χ1v) is 5.11. The molecule has 15 heavy (non-hydrogen) atoms. The Morgan fingerprint density at radius 3 is 3.13 bits per heavy atom. The van der Waals surface area contributed by atoms with E-state index in [9.17, 15) is 4.79 Å². The van der Waals surface area contributed by atoms with E-state index in [0.717, 1.165) is 12.8 Å². The van der Waals surface area contributed by atoms with Gasteiger partial charge in [-0.3, -0.25) is 0 Å². The molecule has 1 heterocycles. The molecule has 1 aliphatic carbocycles. The molecule has 0 amide bonds. The topological polar surface area (TPSA) is 65.5 Å². The molecule has 0 aromatic carbocycles. The molecule has 1 aromatic heterocycles. The van der Waals surface area contributed by atoms with Crippen molar-refractivity contribution in [3.8, 4) is 0 Å². The largest absolute Gasteiger partial charge is 0.467 e. The van der Waals surface area contributed by atoms with E-state index in [1.165, 1.54) is 7.11 Å². The number of furan rings is 1. The van der Waals surface area contributed by atoms with Crippen molar-refractivity contribution >= 4 is 17.6 Å². The van der Waals surface area contributed by atoms with Gasteiger partial charge in [-0.15, -0.1) is 0 Å². The summed E-state index contributed by atoms with van der Waals surface area (Å²) in [6.07, 6.45) is 2.11. The van der Waals surface area contributed by atoms with Crippen molar-refractivity contribution < 1.29 is 13.9 Å². The number of ether oxygens (including phenoxy) is 1. The molecule has 0 saturated heterocycles. The SMILES string of the molecule is COC(=O)C1(N)CCCc2oc(Cl)cc21. The number of fused-ring (bicyclic) bond motifs is 1. The highest BCUT2D eigenvalue weighted by molar-refractivity contribution is 6.29. The first-order valence-electron chi connectivity index (χ1n) is 4.74. The van der Waals surface area contributed by atoms with Crippen molar-refractivity contribution in [2.24, 2.45) is 5.73 Å². The van der Waals surface area contributed by atoms with Crippen LogP contribution in [-0.4, -0.2) is 13.1 Å². The van der Waals surface area contributed by atoms with E-state index in [2.05, 4.69) is 0 Å². The summed E-state index contributed by atoms with van der Waals surface area (Å²) >= 11 is 5.75. The van der Waals surface area contributed by atoms with Crippen molar-refractivity contribution in [3.63, 3.8) is 0 Å². The Bertz CT molecular complexity index is 401. The van der Waals surface area contributed by atoms with Crippen LogP contribution in [0.1, 0.15) is 24.2 Å². The lowest BCUT2D eigenvalue weighted by Gasteiger charge is -2.29. The molecule has 1 unspecified atom stereocenters. The third-order valence-corrected chi connectivity index (χ3v) is 2.97. The number of methoxy groups -OCH3 is 1. The Labute approximate surface area is 92.3 Å². The number of carbonyl (C=O) groups is 1. The molecule has 0 spiro atoms. The van der Waals surface area contributed by atoms with Crippen molar-refractivity contribution in [3.05, 3.63) is 22.6 Å². The minimum absolute atomic E-state index is 0.264. The maximum atomic E-state index is 11.6. The number of halogens is 1. The van der Waals surface area contributed by atoms with E-state index in [-0.39, 0.29) is 5.22 Å². The fourth-order valence-electron chi connectivity index (χ4n) is 2.02. The zero-order valence-electron chi connectivity index (χ0n) is 8.38. The van der Waals surface area contributed by atoms with Crippen molar-refractivity contribution in [1.82, 2.24) is 0 Å². The third kappa shape index (κ3) is 1.54. The minimum Gasteiger partial charge on any atom is -0.467 e. The zero-order valence-corrected chi connectivity index (χ0v) is 9.13. The van der Waals surface area contributed by atoms with Crippen LogP contribution < -0.4 is 5.73 Å². The van der Waals surface area contributed by atoms with Crippen LogP contribution in [0.25, 0.3) is 0 Å². The van der Waals surface area contributed by atoms with E-state index in [4.69, 9.17) is 26.5 Å². The molecule has 1 atom stereocenters. The Kier molecular flexibility index (Phi) is 2.48. The molecule has 1 aliphatic rings. The van der Waals surface area contributed by atoms with Crippen LogP contribution in [0, 0.1) is 0 Å². The van der Waals surface area contributed by atoms with Gasteiger partial charge >= 0.3 is 5.97 Å². The lowest BCUT2D eigenvalue weighted by atomic mass is 9.81. The van der Waals surface area contributed by atoms with E-state index < -0.39 is 11.5 Å². The Balaban J connectivity index is 2.48. The standard InChI is InChI=1S/C10H12ClNO3/c1-14-9(13)10(12)4-2-3-7-6(10)5-8(11)15-7/h5H,2-4,12H2,1H3. The quantitative estimate of drug-likeness (QED) is 0.743. The molecule has 0 bridgehead atoms. The van der Waals surface area contributed by atoms with Gasteiger partial charge in [0.1, 0.15) is 11.3 Å². The fourth-order valence-corrected chi connectivity index (χ4v) is 2.22. The highest BCUT2D eigenvalue weighted by Crippen LogP contribution is 2.37. The maximum Gasteiger partial charge on any atom is 0.330 e. The summed E-state index contributed by atoms with van der Waals surface area (Å²) in [5.41, 5.74) is 5.60. The second-order valence-corrected chi connectivity index (χ2v) is 4.08. The van der Waals surface area contributed by atoms with Gasteiger partial charge in [0.05, 0.1) is 7.11 Å². The summed E-state index contributed by atoms with van der Waals surface area (Å²) in [4.78, 5) is 11.6. The monoisotopic (exact) mass is 229 g/mol. The number of esters is 1. The predicted molar refractivity (Wildman–Crippen MR) is 54.5 cm³/mol. The van der Waals surface area contributed by atoms with E-state index >= 15 is 0 Å². The smallest absolute Gasteiger partial charge is 0.330 e. The van der Waals surface area contributed by atoms with Crippen molar-refractivity contribution in [1.29, 1.82) is 0 Å². The molecular weight excluding hydrogens is 218 g/mol. The number of rotatable bonds is 1. The number of carbonyl (C=O) groups excluding carboxylic acids is 1. The van der Waals surface area contributed by atoms with Gasteiger partial charge in [0.15, 0.2) is 5.22 Å². The molecule has 2 N–H and O–H groups in total. The van der Waals surface area contributed by atoms with Crippen LogP contribution in [0.4, 0.5) is 0 Å². The molecule has 0 saturated carbocycles. The summed E-state index contributed by atoms with van der Waals surface area (Å²) in [5.74, 6) is 0.250. The Hall–Kier alpha value is -1.00. The zero-order chi connectivity index (χ0) is 11.1. The third-order valence-electron chi connectivity index (χ3n) is 2.78. The number of nitrogens with two attached hydrogens (primary N) is 1. The van der Waals surface area contributed by atoms with Gasteiger partial charge in [-0.1, -0.05) is 0 Å².